The molecule has 1 saturated heterocycles. The highest BCUT2D eigenvalue weighted by molar-refractivity contribution is 8.16. The Labute approximate surface area is 93.3 Å². The zero-order chi connectivity index (χ0) is 9.97. The van der Waals surface area contributed by atoms with Gasteiger partial charge in [-0.05, 0) is 30.9 Å². The molecule has 14 heavy (non-hydrogen) atoms. The van der Waals surface area contributed by atoms with Crippen LogP contribution in [0.4, 0.5) is 0 Å². The van der Waals surface area contributed by atoms with Gasteiger partial charge in [0, 0.05) is 5.56 Å². The molecule has 76 valence electrons. The van der Waals surface area contributed by atoms with Crippen molar-refractivity contribution in [3.63, 3.8) is 0 Å². The van der Waals surface area contributed by atoms with Gasteiger partial charge in [0.05, 0.1) is 4.58 Å². The summed E-state index contributed by atoms with van der Waals surface area (Å²) < 4.78 is 0.434. The number of phenolic OH excluding ortho intramolecular Hbond substituents is 1. The molecule has 2 rings (SSSR count). The second-order valence-corrected chi connectivity index (χ2v) is 6.21. The lowest BCUT2D eigenvalue weighted by Crippen LogP contribution is -2.00. The molecule has 1 aromatic rings. The fourth-order valence-corrected chi connectivity index (χ4v) is 4.46. The number of benzene rings is 1. The van der Waals surface area contributed by atoms with Gasteiger partial charge in [0.15, 0.2) is 0 Å². The Hall–Kier alpha value is -0.280. The number of hydrogen-bond donors (Lipinski definition) is 1. The van der Waals surface area contributed by atoms with Crippen LogP contribution in [0, 0.1) is 6.92 Å². The van der Waals surface area contributed by atoms with Crippen molar-refractivity contribution in [2.45, 2.75) is 17.9 Å². The molecule has 0 aliphatic carbocycles. The van der Waals surface area contributed by atoms with E-state index in [2.05, 4.69) is 13.0 Å². The third-order valence-electron chi connectivity index (χ3n) is 2.26. The van der Waals surface area contributed by atoms with Crippen LogP contribution in [0.25, 0.3) is 0 Å². The number of rotatable bonds is 1. The quantitative estimate of drug-likeness (QED) is 0.790. The summed E-state index contributed by atoms with van der Waals surface area (Å²) in [5.74, 6) is 2.87. The summed E-state index contributed by atoms with van der Waals surface area (Å²) in [6, 6.07) is 5.86. The molecule has 0 radical (unpaired) electrons. The Morgan fingerprint density at radius 2 is 2.00 bits per heavy atom. The Morgan fingerprint density at radius 1 is 1.29 bits per heavy atom. The van der Waals surface area contributed by atoms with Gasteiger partial charge in [-0.1, -0.05) is 17.7 Å². The minimum Gasteiger partial charge on any atom is -0.508 e. The normalized spacial score (nSPS) is 18.4. The van der Waals surface area contributed by atoms with E-state index < -0.39 is 0 Å². The fraction of sp³-hybridized carbons (Fsp3) is 0.455. The smallest absolute Gasteiger partial charge is 0.120 e. The van der Waals surface area contributed by atoms with Gasteiger partial charge in [-0.2, -0.15) is 0 Å². The van der Waals surface area contributed by atoms with E-state index in [1.165, 1.54) is 23.5 Å². The predicted octanol–water partition coefficient (Wildman–Crippen LogP) is 3.57. The molecule has 1 aliphatic heterocycles. The molecule has 1 heterocycles. The van der Waals surface area contributed by atoms with E-state index >= 15 is 0 Å². The van der Waals surface area contributed by atoms with Crippen molar-refractivity contribution in [2.24, 2.45) is 0 Å². The van der Waals surface area contributed by atoms with Crippen LogP contribution in [0.2, 0.25) is 0 Å². The van der Waals surface area contributed by atoms with Gasteiger partial charge in [0.1, 0.15) is 5.75 Å². The van der Waals surface area contributed by atoms with Crippen molar-refractivity contribution in [3.05, 3.63) is 29.3 Å². The van der Waals surface area contributed by atoms with E-state index in [-0.39, 0.29) is 0 Å². The summed E-state index contributed by atoms with van der Waals surface area (Å²) >= 11 is 3.88. The molecule has 1 N–H and O–H groups in total. The van der Waals surface area contributed by atoms with Crippen LogP contribution >= 0.6 is 23.5 Å². The molecule has 0 unspecified atom stereocenters. The number of hydrogen-bond acceptors (Lipinski definition) is 3. The minimum atomic E-state index is 0.434. The molecule has 1 aromatic carbocycles. The zero-order valence-electron chi connectivity index (χ0n) is 8.19. The van der Waals surface area contributed by atoms with E-state index in [0.717, 1.165) is 5.56 Å². The van der Waals surface area contributed by atoms with Crippen LogP contribution in [0.3, 0.4) is 0 Å². The molecule has 0 spiro atoms. The van der Waals surface area contributed by atoms with E-state index in [1.807, 2.05) is 29.6 Å². The van der Waals surface area contributed by atoms with Crippen LogP contribution in [0.1, 0.15) is 22.1 Å². The average Bonchev–Trinajstić information content (AvgIpc) is 2.23. The molecule has 1 aliphatic rings. The Balaban J connectivity index is 2.24. The summed E-state index contributed by atoms with van der Waals surface area (Å²) in [6.45, 7) is 2.07. The third-order valence-corrected chi connectivity index (χ3v) is 5.24. The summed E-state index contributed by atoms with van der Waals surface area (Å²) in [5.41, 5.74) is 2.32. The maximum Gasteiger partial charge on any atom is 0.120 e. The largest absolute Gasteiger partial charge is 0.508 e. The highest BCUT2D eigenvalue weighted by Gasteiger charge is 2.19. The van der Waals surface area contributed by atoms with Crippen LogP contribution in [-0.4, -0.2) is 16.6 Å². The van der Waals surface area contributed by atoms with Crippen molar-refractivity contribution >= 4 is 23.5 Å². The molecule has 0 bridgehead atoms. The van der Waals surface area contributed by atoms with Gasteiger partial charge >= 0.3 is 0 Å². The highest BCUT2D eigenvalue weighted by Crippen LogP contribution is 2.46. The zero-order valence-corrected chi connectivity index (χ0v) is 9.83. The van der Waals surface area contributed by atoms with Gasteiger partial charge in [0.25, 0.3) is 0 Å². The van der Waals surface area contributed by atoms with Crippen molar-refractivity contribution in [1.29, 1.82) is 0 Å². The topological polar surface area (TPSA) is 20.2 Å². The van der Waals surface area contributed by atoms with Gasteiger partial charge in [-0.25, -0.2) is 0 Å². The Kier molecular flexibility index (Phi) is 3.29. The maximum absolute atomic E-state index is 9.76. The van der Waals surface area contributed by atoms with Gasteiger partial charge in [0.2, 0.25) is 0 Å². The lowest BCUT2D eigenvalue weighted by Gasteiger charge is -2.22. The first-order chi connectivity index (χ1) is 6.77. The molecule has 1 fully saturated rings. The van der Waals surface area contributed by atoms with E-state index in [0.29, 0.717) is 10.3 Å². The SMILES string of the molecule is Cc1ccc(O)c(C2SCCCS2)c1. The summed E-state index contributed by atoms with van der Waals surface area (Å²) in [6.07, 6.45) is 1.29. The second kappa shape index (κ2) is 4.49. The Morgan fingerprint density at radius 3 is 2.71 bits per heavy atom. The highest BCUT2D eigenvalue weighted by atomic mass is 32.2. The van der Waals surface area contributed by atoms with E-state index in [1.54, 1.807) is 6.07 Å². The van der Waals surface area contributed by atoms with E-state index in [4.69, 9.17) is 0 Å². The number of aryl methyl sites for hydroxylation is 1. The molecular weight excluding hydrogens is 212 g/mol. The standard InChI is InChI=1S/C11H14OS2/c1-8-3-4-10(12)9(7-8)11-13-5-2-6-14-11/h3-4,7,11-12H,2,5-6H2,1H3. The number of phenols is 1. The van der Waals surface area contributed by atoms with Crippen LogP contribution in [0.5, 0.6) is 5.75 Å². The predicted molar refractivity (Wildman–Crippen MR) is 65.1 cm³/mol. The van der Waals surface area contributed by atoms with Crippen LogP contribution in [-0.2, 0) is 0 Å². The third kappa shape index (κ3) is 2.20. The van der Waals surface area contributed by atoms with Gasteiger partial charge in [-0.15, -0.1) is 23.5 Å². The number of aromatic hydroxyl groups is 1. The maximum atomic E-state index is 9.76. The van der Waals surface area contributed by atoms with Crippen molar-refractivity contribution < 1.29 is 5.11 Å². The van der Waals surface area contributed by atoms with Crippen molar-refractivity contribution in [3.8, 4) is 5.75 Å². The first-order valence-electron chi connectivity index (χ1n) is 4.80. The van der Waals surface area contributed by atoms with Crippen molar-refractivity contribution in [1.82, 2.24) is 0 Å². The van der Waals surface area contributed by atoms with Crippen LogP contribution in [0.15, 0.2) is 18.2 Å². The molecule has 1 nitrogen and oxygen atoms in total. The van der Waals surface area contributed by atoms with Gasteiger partial charge in [-0.3, -0.25) is 0 Å². The summed E-state index contributed by atoms with van der Waals surface area (Å²) in [7, 11) is 0. The first-order valence-corrected chi connectivity index (χ1v) is 6.90. The molecular formula is C11H14OS2. The van der Waals surface area contributed by atoms with Crippen molar-refractivity contribution in [2.75, 3.05) is 11.5 Å². The average molecular weight is 226 g/mol. The second-order valence-electron chi connectivity index (χ2n) is 3.49. The summed E-state index contributed by atoms with van der Waals surface area (Å²) in [5, 5.41) is 9.76. The Bertz CT molecular complexity index is 319. The van der Waals surface area contributed by atoms with Gasteiger partial charge < -0.3 is 5.11 Å². The molecule has 3 heteroatoms. The monoisotopic (exact) mass is 226 g/mol. The minimum absolute atomic E-state index is 0.434. The number of thioether (sulfide) groups is 2. The molecule has 0 amide bonds. The lowest BCUT2D eigenvalue weighted by molar-refractivity contribution is 0.470. The van der Waals surface area contributed by atoms with E-state index in [9.17, 15) is 5.11 Å². The molecule has 0 atom stereocenters. The molecule has 0 aromatic heterocycles. The molecule has 0 saturated carbocycles. The van der Waals surface area contributed by atoms with Crippen LogP contribution < -0.4 is 0 Å². The fourth-order valence-electron chi connectivity index (χ4n) is 1.53. The first kappa shape index (κ1) is 10.2. The summed E-state index contributed by atoms with van der Waals surface area (Å²) in [4.78, 5) is 0. The lowest BCUT2D eigenvalue weighted by atomic mass is 10.1.